The molecule has 0 saturated heterocycles. The highest BCUT2D eigenvalue weighted by molar-refractivity contribution is 5.75. The van der Waals surface area contributed by atoms with Gasteiger partial charge in [0, 0.05) is 5.41 Å². The first-order valence-electron chi connectivity index (χ1n) is 6.39. The zero-order valence-electron chi connectivity index (χ0n) is 10.3. The summed E-state index contributed by atoms with van der Waals surface area (Å²) < 4.78 is 0. The predicted molar refractivity (Wildman–Crippen MR) is 67.9 cm³/mol. The van der Waals surface area contributed by atoms with Crippen molar-refractivity contribution in [2.24, 2.45) is 5.92 Å². The van der Waals surface area contributed by atoms with Crippen LogP contribution in [0.3, 0.4) is 0 Å². The molecule has 1 atom stereocenters. The van der Waals surface area contributed by atoms with E-state index in [9.17, 15) is 15.2 Å². The van der Waals surface area contributed by atoms with E-state index in [1.807, 2.05) is 36.4 Å². The molecule has 3 heteroatoms. The molecule has 3 nitrogen and oxygen atoms in total. The molecule has 1 aliphatic rings. The zero-order chi connectivity index (χ0) is 13.0. The van der Waals surface area contributed by atoms with Gasteiger partial charge in [0.05, 0.1) is 6.07 Å². The summed E-state index contributed by atoms with van der Waals surface area (Å²) in [7, 11) is 0. The second-order valence-corrected chi connectivity index (χ2v) is 4.98. The molecule has 0 bridgehead atoms. The molecule has 18 heavy (non-hydrogen) atoms. The first kappa shape index (κ1) is 12.6. The quantitative estimate of drug-likeness (QED) is 0.887. The number of aliphatic carboxylic acids is 1. The van der Waals surface area contributed by atoms with Gasteiger partial charge in [0.2, 0.25) is 0 Å². The molecule has 0 aromatic heterocycles. The van der Waals surface area contributed by atoms with Gasteiger partial charge in [-0.2, -0.15) is 5.26 Å². The van der Waals surface area contributed by atoms with Crippen LogP contribution < -0.4 is 0 Å². The van der Waals surface area contributed by atoms with Gasteiger partial charge in [-0.3, -0.25) is 4.79 Å². The van der Waals surface area contributed by atoms with Gasteiger partial charge in [-0.05, 0) is 18.4 Å². The van der Waals surface area contributed by atoms with Crippen molar-refractivity contribution in [2.75, 3.05) is 0 Å². The fraction of sp³-hybridized carbons (Fsp3) is 0.467. The van der Waals surface area contributed by atoms with Crippen LogP contribution in [0.1, 0.15) is 37.7 Å². The molecule has 0 unspecified atom stereocenters. The van der Waals surface area contributed by atoms with Gasteiger partial charge in [-0.15, -0.1) is 0 Å². The Morgan fingerprint density at radius 3 is 2.33 bits per heavy atom. The maximum Gasteiger partial charge on any atom is 0.321 e. The van der Waals surface area contributed by atoms with Crippen molar-refractivity contribution in [3.8, 4) is 6.07 Å². The van der Waals surface area contributed by atoms with Gasteiger partial charge in [0.25, 0.3) is 0 Å². The fourth-order valence-corrected chi connectivity index (χ4v) is 3.11. The molecule has 1 aliphatic carbocycles. The second kappa shape index (κ2) is 5.22. The fourth-order valence-electron chi connectivity index (χ4n) is 3.11. The largest absolute Gasteiger partial charge is 0.480 e. The van der Waals surface area contributed by atoms with E-state index in [0.29, 0.717) is 0 Å². The molecule has 0 amide bonds. The maximum absolute atomic E-state index is 11.4. The summed E-state index contributed by atoms with van der Waals surface area (Å²) in [5.41, 5.74) is 0.499. The van der Waals surface area contributed by atoms with Crippen molar-refractivity contribution < 1.29 is 9.90 Å². The van der Waals surface area contributed by atoms with Crippen LogP contribution in [0.2, 0.25) is 0 Å². The summed E-state index contributed by atoms with van der Waals surface area (Å²) in [6.07, 6.45) is 4.72. The van der Waals surface area contributed by atoms with Gasteiger partial charge < -0.3 is 5.11 Å². The lowest BCUT2D eigenvalue weighted by atomic mass is 9.62. The molecule has 1 saturated carbocycles. The van der Waals surface area contributed by atoms with Crippen LogP contribution in [0.4, 0.5) is 0 Å². The number of benzene rings is 1. The van der Waals surface area contributed by atoms with E-state index in [2.05, 4.69) is 0 Å². The summed E-state index contributed by atoms with van der Waals surface area (Å²) in [6, 6.07) is 11.7. The molecule has 0 heterocycles. The van der Waals surface area contributed by atoms with Crippen LogP contribution in [-0.2, 0) is 10.2 Å². The minimum atomic E-state index is -0.997. The SMILES string of the molecule is N#C[C@@H](C(=O)O)C1(c2ccccc2)CCCCC1. The third-order valence-electron chi connectivity index (χ3n) is 4.02. The summed E-state index contributed by atoms with van der Waals surface area (Å²) in [6.45, 7) is 0. The van der Waals surface area contributed by atoms with Crippen molar-refractivity contribution in [3.63, 3.8) is 0 Å². The molecular formula is C15H17NO2. The standard InChI is InChI=1S/C15H17NO2/c16-11-13(14(17)18)15(9-5-2-6-10-15)12-7-3-1-4-8-12/h1,3-4,7-8,13H,2,5-6,9-10H2,(H,17,18)/t13-/m0/s1. The Balaban J connectivity index is 2.47. The van der Waals surface area contributed by atoms with Crippen molar-refractivity contribution in [1.29, 1.82) is 5.26 Å². The molecule has 0 aliphatic heterocycles. The zero-order valence-corrected chi connectivity index (χ0v) is 10.3. The lowest BCUT2D eigenvalue weighted by molar-refractivity contribution is -0.142. The lowest BCUT2D eigenvalue weighted by Crippen LogP contribution is -2.40. The van der Waals surface area contributed by atoms with Gasteiger partial charge in [0.1, 0.15) is 0 Å². The molecule has 1 fully saturated rings. The molecule has 94 valence electrons. The summed E-state index contributed by atoms with van der Waals surface area (Å²) in [5, 5.41) is 18.6. The van der Waals surface area contributed by atoms with E-state index in [1.54, 1.807) is 0 Å². The highest BCUT2D eigenvalue weighted by Gasteiger charge is 2.45. The number of hydrogen-bond donors (Lipinski definition) is 1. The van der Waals surface area contributed by atoms with Crippen molar-refractivity contribution >= 4 is 5.97 Å². The van der Waals surface area contributed by atoms with Crippen LogP contribution in [-0.4, -0.2) is 11.1 Å². The first-order chi connectivity index (χ1) is 8.70. The van der Waals surface area contributed by atoms with Gasteiger partial charge in [0.15, 0.2) is 5.92 Å². The summed E-state index contributed by atoms with van der Waals surface area (Å²) in [4.78, 5) is 11.4. The number of carboxylic acids is 1. The van der Waals surface area contributed by atoms with E-state index in [1.165, 1.54) is 0 Å². The van der Waals surface area contributed by atoms with Crippen molar-refractivity contribution in [1.82, 2.24) is 0 Å². The monoisotopic (exact) mass is 243 g/mol. The van der Waals surface area contributed by atoms with E-state index in [4.69, 9.17) is 0 Å². The highest BCUT2D eigenvalue weighted by atomic mass is 16.4. The smallest absolute Gasteiger partial charge is 0.321 e. The predicted octanol–water partition coefficient (Wildman–Crippen LogP) is 3.11. The third kappa shape index (κ3) is 2.11. The van der Waals surface area contributed by atoms with E-state index >= 15 is 0 Å². The Morgan fingerprint density at radius 1 is 1.22 bits per heavy atom. The first-order valence-corrected chi connectivity index (χ1v) is 6.39. The second-order valence-electron chi connectivity index (χ2n) is 4.98. The van der Waals surface area contributed by atoms with Crippen LogP contribution >= 0.6 is 0 Å². The highest BCUT2D eigenvalue weighted by Crippen LogP contribution is 2.45. The molecular weight excluding hydrogens is 226 g/mol. The molecule has 1 N–H and O–H groups in total. The van der Waals surface area contributed by atoms with E-state index in [-0.39, 0.29) is 0 Å². The summed E-state index contributed by atoms with van der Waals surface area (Å²) in [5.74, 6) is -1.94. The number of nitriles is 1. The number of carbonyl (C=O) groups is 1. The van der Waals surface area contributed by atoms with Crippen LogP contribution in [0.25, 0.3) is 0 Å². The average Bonchev–Trinajstić information content (AvgIpc) is 2.41. The Kier molecular flexibility index (Phi) is 3.66. The number of carboxylic acid groups (broad SMARTS) is 1. The number of nitrogens with zero attached hydrogens (tertiary/aromatic N) is 1. The van der Waals surface area contributed by atoms with Gasteiger partial charge in [-0.25, -0.2) is 0 Å². The Labute approximate surface area is 107 Å². The minimum absolute atomic E-state index is 0.500. The van der Waals surface area contributed by atoms with E-state index < -0.39 is 17.3 Å². The Hall–Kier alpha value is -1.82. The minimum Gasteiger partial charge on any atom is -0.480 e. The lowest BCUT2D eigenvalue weighted by Gasteiger charge is -2.39. The Morgan fingerprint density at radius 2 is 1.83 bits per heavy atom. The topological polar surface area (TPSA) is 61.1 Å². The molecule has 2 rings (SSSR count). The van der Waals surface area contributed by atoms with Crippen molar-refractivity contribution in [3.05, 3.63) is 35.9 Å². The molecule has 0 radical (unpaired) electrons. The van der Waals surface area contributed by atoms with Gasteiger partial charge >= 0.3 is 5.97 Å². The molecule has 1 aromatic carbocycles. The normalized spacial score (nSPS) is 19.7. The van der Waals surface area contributed by atoms with Crippen LogP contribution in [0.5, 0.6) is 0 Å². The van der Waals surface area contributed by atoms with Crippen LogP contribution in [0, 0.1) is 17.2 Å². The number of hydrogen-bond acceptors (Lipinski definition) is 2. The summed E-state index contributed by atoms with van der Waals surface area (Å²) >= 11 is 0. The molecule has 0 spiro atoms. The maximum atomic E-state index is 11.4. The van der Waals surface area contributed by atoms with Crippen molar-refractivity contribution in [2.45, 2.75) is 37.5 Å². The van der Waals surface area contributed by atoms with E-state index in [0.717, 1.165) is 37.7 Å². The van der Waals surface area contributed by atoms with Gasteiger partial charge in [-0.1, -0.05) is 49.6 Å². The number of rotatable bonds is 3. The molecule has 1 aromatic rings. The Bertz CT molecular complexity index is 455. The average molecular weight is 243 g/mol. The third-order valence-corrected chi connectivity index (χ3v) is 4.02. The van der Waals surface area contributed by atoms with Crippen LogP contribution in [0.15, 0.2) is 30.3 Å².